The number of halogens is 2. The van der Waals surface area contributed by atoms with E-state index < -0.39 is 16.2 Å². The molecule has 3 rings (SSSR count). The number of nitrogens with zero attached hydrogens (tertiary/aromatic N) is 1. The molecule has 2 aliphatic heterocycles. The Labute approximate surface area is 128 Å². The zero-order valence-electron chi connectivity index (χ0n) is 11.6. The van der Waals surface area contributed by atoms with Crippen LogP contribution in [0.3, 0.4) is 0 Å². The monoisotopic (exact) mass is 333 g/mol. The summed E-state index contributed by atoms with van der Waals surface area (Å²) in [5.41, 5.74) is 0. The molecule has 2 aliphatic rings. The summed E-state index contributed by atoms with van der Waals surface area (Å²) in [6, 6.07) is 3.96. The topological polar surface area (TPSA) is 46.6 Å². The third kappa shape index (κ3) is 2.53. The average Bonchev–Trinajstić information content (AvgIpc) is 2.72. The van der Waals surface area contributed by atoms with Crippen LogP contribution < -0.4 is 4.74 Å². The number of methoxy groups -OCH3 is 1. The molecule has 0 saturated carbocycles. The molecular weight excluding hydrogens is 317 g/mol. The second-order valence-corrected chi connectivity index (χ2v) is 7.84. The average molecular weight is 334 g/mol. The van der Waals surface area contributed by atoms with Gasteiger partial charge < -0.3 is 4.74 Å². The lowest BCUT2D eigenvalue weighted by molar-refractivity contribution is 0.150. The molecule has 2 atom stereocenters. The van der Waals surface area contributed by atoms with Crippen molar-refractivity contribution in [1.82, 2.24) is 4.31 Å². The van der Waals surface area contributed by atoms with Gasteiger partial charge in [-0.2, -0.15) is 4.31 Å². The van der Waals surface area contributed by atoms with Crippen molar-refractivity contribution in [1.29, 1.82) is 0 Å². The normalized spacial score (nSPS) is 29.6. The van der Waals surface area contributed by atoms with E-state index >= 15 is 0 Å². The molecule has 1 aromatic carbocycles. The van der Waals surface area contributed by atoms with E-state index in [1.807, 2.05) is 0 Å². The lowest BCUT2D eigenvalue weighted by atomic mass is 10.0. The van der Waals surface area contributed by atoms with E-state index in [1.165, 1.54) is 23.5 Å². The molecule has 4 nitrogen and oxygen atoms in total. The van der Waals surface area contributed by atoms with Crippen LogP contribution >= 0.6 is 11.6 Å². The summed E-state index contributed by atoms with van der Waals surface area (Å²) in [5, 5.41) is 0.256. The van der Waals surface area contributed by atoms with Crippen LogP contribution in [-0.4, -0.2) is 38.1 Å². The van der Waals surface area contributed by atoms with E-state index in [0.29, 0.717) is 18.6 Å². The van der Waals surface area contributed by atoms with Gasteiger partial charge in [0.1, 0.15) is 11.9 Å². The molecule has 2 heterocycles. The zero-order valence-corrected chi connectivity index (χ0v) is 13.2. The van der Waals surface area contributed by atoms with E-state index in [0.717, 1.165) is 12.8 Å². The van der Waals surface area contributed by atoms with Crippen LogP contribution in [0, 0.1) is 0 Å². The van der Waals surface area contributed by atoms with Gasteiger partial charge >= 0.3 is 0 Å². The third-order valence-electron chi connectivity index (χ3n) is 4.31. The Bertz CT molecular complexity index is 638. The van der Waals surface area contributed by atoms with Gasteiger partial charge in [-0.15, -0.1) is 0 Å². The van der Waals surface area contributed by atoms with Crippen molar-refractivity contribution in [2.45, 2.75) is 48.8 Å². The van der Waals surface area contributed by atoms with Crippen molar-refractivity contribution in [3.05, 3.63) is 23.2 Å². The third-order valence-corrected chi connectivity index (χ3v) is 6.60. The summed E-state index contributed by atoms with van der Waals surface area (Å²) in [7, 11) is -2.17. The fraction of sp³-hybridized carbons (Fsp3) is 0.571. The van der Waals surface area contributed by atoms with Crippen LogP contribution in [-0.2, 0) is 10.0 Å². The molecule has 0 radical (unpaired) electrons. The van der Waals surface area contributed by atoms with Crippen molar-refractivity contribution in [2.75, 3.05) is 7.11 Å². The molecule has 0 aliphatic carbocycles. The van der Waals surface area contributed by atoms with E-state index in [2.05, 4.69) is 0 Å². The molecule has 0 aromatic heterocycles. The number of piperidine rings is 1. The number of sulfonamides is 1. The second-order valence-electron chi connectivity index (χ2n) is 5.58. The number of rotatable bonds is 3. The van der Waals surface area contributed by atoms with Crippen molar-refractivity contribution in [2.24, 2.45) is 0 Å². The zero-order chi connectivity index (χ0) is 15.2. The van der Waals surface area contributed by atoms with Crippen LogP contribution in [0.5, 0.6) is 5.75 Å². The first-order valence-electron chi connectivity index (χ1n) is 6.94. The Kier molecular flexibility index (Phi) is 3.88. The minimum atomic E-state index is -3.64. The Morgan fingerprint density at radius 3 is 2.43 bits per heavy atom. The number of benzene rings is 1. The van der Waals surface area contributed by atoms with Gasteiger partial charge in [-0.3, -0.25) is 0 Å². The van der Waals surface area contributed by atoms with Gasteiger partial charge in [0.2, 0.25) is 10.0 Å². The standard InChI is InChI=1S/C14H17ClFNO3S/c1-20-14-5-4-12(8-13(14)15)21(18,19)17-10-2-3-11(17)7-9(16)6-10/h4-5,8-11H,2-3,6-7H2,1H3. The number of hydrogen-bond donors (Lipinski definition) is 0. The molecule has 2 saturated heterocycles. The maximum Gasteiger partial charge on any atom is 0.243 e. The molecule has 2 bridgehead atoms. The second kappa shape index (κ2) is 5.41. The Morgan fingerprint density at radius 2 is 1.90 bits per heavy atom. The number of fused-ring (bicyclic) bond motifs is 2. The highest BCUT2D eigenvalue weighted by Gasteiger charge is 2.47. The number of ether oxygens (including phenoxy) is 1. The van der Waals surface area contributed by atoms with E-state index in [9.17, 15) is 12.8 Å². The first kappa shape index (κ1) is 15.1. The molecule has 0 N–H and O–H groups in total. The SMILES string of the molecule is COc1ccc(S(=O)(=O)N2C3CCC2CC(F)C3)cc1Cl. The van der Waals surface area contributed by atoms with E-state index in [1.54, 1.807) is 6.07 Å². The van der Waals surface area contributed by atoms with Crippen LogP contribution in [0.25, 0.3) is 0 Å². The Morgan fingerprint density at radius 1 is 1.29 bits per heavy atom. The Balaban J connectivity index is 1.96. The van der Waals surface area contributed by atoms with Crippen molar-refractivity contribution in [3.8, 4) is 5.75 Å². The van der Waals surface area contributed by atoms with Gasteiger partial charge in [0.25, 0.3) is 0 Å². The molecular formula is C14H17ClFNO3S. The number of alkyl halides is 1. The van der Waals surface area contributed by atoms with Gasteiger partial charge in [0.15, 0.2) is 0 Å². The largest absolute Gasteiger partial charge is 0.495 e. The summed E-state index contributed by atoms with van der Waals surface area (Å²) in [4.78, 5) is 0.141. The molecule has 116 valence electrons. The van der Waals surface area contributed by atoms with Gasteiger partial charge in [0, 0.05) is 12.1 Å². The molecule has 2 unspecified atom stereocenters. The quantitative estimate of drug-likeness (QED) is 0.854. The lowest BCUT2D eigenvalue weighted by Crippen LogP contribution is -2.46. The summed E-state index contributed by atoms with van der Waals surface area (Å²) in [6.07, 6.45) is 1.15. The smallest absolute Gasteiger partial charge is 0.243 e. The minimum absolute atomic E-state index is 0.141. The summed E-state index contributed by atoms with van der Waals surface area (Å²) in [5.74, 6) is 0.432. The van der Waals surface area contributed by atoms with Crippen LogP contribution in [0.15, 0.2) is 23.1 Å². The molecule has 1 aromatic rings. The van der Waals surface area contributed by atoms with Crippen LogP contribution in [0.1, 0.15) is 25.7 Å². The summed E-state index contributed by atoms with van der Waals surface area (Å²) >= 11 is 6.02. The maximum absolute atomic E-state index is 13.6. The first-order chi connectivity index (χ1) is 9.93. The minimum Gasteiger partial charge on any atom is -0.495 e. The predicted molar refractivity (Wildman–Crippen MR) is 78.0 cm³/mol. The first-order valence-corrected chi connectivity index (χ1v) is 8.76. The molecule has 21 heavy (non-hydrogen) atoms. The van der Waals surface area contributed by atoms with Crippen molar-refractivity contribution >= 4 is 21.6 Å². The van der Waals surface area contributed by atoms with Gasteiger partial charge in [0.05, 0.1) is 17.0 Å². The van der Waals surface area contributed by atoms with E-state index in [-0.39, 0.29) is 22.0 Å². The van der Waals surface area contributed by atoms with Gasteiger partial charge in [-0.05, 0) is 43.9 Å². The predicted octanol–water partition coefficient (Wildman–Crippen LogP) is 3.00. The highest BCUT2D eigenvalue weighted by atomic mass is 35.5. The van der Waals surface area contributed by atoms with Crippen LogP contribution in [0.2, 0.25) is 5.02 Å². The van der Waals surface area contributed by atoms with Crippen LogP contribution in [0.4, 0.5) is 4.39 Å². The van der Waals surface area contributed by atoms with Gasteiger partial charge in [-0.1, -0.05) is 11.6 Å². The highest BCUT2D eigenvalue weighted by molar-refractivity contribution is 7.89. The highest BCUT2D eigenvalue weighted by Crippen LogP contribution is 2.41. The molecule has 7 heteroatoms. The van der Waals surface area contributed by atoms with Crippen molar-refractivity contribution < 1.29 is 17.5 Å². The molecule has 0 spiro atoms. The Hall–Kier alpha value is -0.850. The number of hydrogen-bond acceptors (Lipinski definition) is 3. The molecule has 0 amide bonds. The summed E-state index contributed by atoms with van der Waals surface area (Å²) in [6.45, 7) is 0. The maximum atomic E-state index is 13.6. The fourth-order valence-corrected chi connectivity index (χ4v) is 5.63. The van der Waals surface area contributed by atoms with E-state index in [4.69, 9.17) is 16.3 Å². The van der Waals surface area contributed by atoms with Gasteiger partial charge in [-0.25, -0.2) is 12.8 Å². The van der Waals surface area contributed by atoms with Crippen molar-refractivity contribution in [3.63, 3.8) is 0 Å². The molecule has 2 fully saturated rings. The fourth-order valence-electron chi connectivity index (χ4n) is 3.39. The lowest BCUT2D eigenvalue weighted by Gasteiger charge is -2.35. The summed E-state index contributed by atoms with van der Waals surface area (Å²) < 4.78 is 45.7.